The molecule has 3 heteroatoms. The summed E-state index contributed by atoms with van der Waals surface area (Å²) in [6.07, 6.45) is 0. The van der Waals surface area contributed by atoms with Crippen LogP contribution >= 0.6 is 31.9 Å². The van der Waals surface area contributed by atoms with Gasteiger partial charge in [-0.15, -0.1) is 0 Å². The molecule has 2 radical (unpaired) electrons. The van der Waals surface area contributed by atoms with Crippen molar-refractivity contribution in [1.82, 2.24) is 0 Å². The summed E-state index contributed by atoms with van der Waals surface area (Å²) in [7, 11) is 5.85. The van der Waals surface area contributed by atoms with Gasteiger partial charge < -0.3 is 0 Å². The highest BCUT2D eigenvalue weighted by atomic mass is 79.9. The highest BCUT2D eigenvalue weighted by Gasteiger charge is 2.01. The van der Waals surface area contributed by atoms with Gasteiger partial charge in [-0.3, -0.25) is 0 Å². The molecule has 0 amide bonds. The van der Waals surface area contributed by atoms with Crippen molar-refractivity contribution in [3.05, 3.63) is 39.3 Å². The lowest BCUT2D eigenvalue weighted by Crippen LogP contribution is -2.02. The Morgan fingerprint density at radius 3 is 2.54 bits per heavy atom. The van der Waals surface area contributed by atoms with Gasteiger partial charge in [-0.1, -0.05) is 55.5 Å². The summed E-state index contributed by atoms with van der Waals surface area (Å²) in [6.45, 7) is 0. The van der Waals surface area contributed by atoms with Gasteiger partial charge in [0.05, 0.1) is 0 Å². The second-order valence-corrected chi connectivity index (χ2v) is 4.60. The predicted molar refractivity (Wildman–Crippen MR) is 64.7 cm³/mol. The molecule has 0 spiro atoms. The Bertz CT molecular complexity index is 466. The summed E-state index contributed by atoms with van der Waals surface area (Å²) in [5.41, 5.74) is 0.805. The van der Waals surface area contributed by atoms with Crippen LogP contribution in [0.25, 0.3) is 10.8 Å². The molecule has 0 heterocycles. The molecule has 0 aliphatic heterocycles. The predicted octanol–water partition coefficient (Wildman–Crippen LogP) is 3.16. The van der Waals surface area contributed by atoms with Crippen LogP contribution in [0.2, 0.25) is 0 Å². The molecular formula is C10H5BBr2. The molecule has 0 atom stereocenters. The van der Waals surface area contributed by atoms with Gasteiger partial charge in [0, 0.05) is 8.95 Å². The van der Waals surface area contributed by atoms with Crippen molar-refractivity contribution in [1.29, 1.82) is 0 Å². The monoisotopic (exact) mass is 294 g/mol. The van der Waals surface area contributed by atoms with E-state index in [0.29, 0.717) is 0 Å². The molecule has 0 unspecified atom stereocenters. The van der Waals surface area contributed by atoms with Gasteiger partial charge in [0.15, 0.2) is 0 Å². The van der Waals surface area contributed by atoms with E-state index in [1.165, 1.54) is 0 Å². The molecule has 2 aromatic carbocycles. The molecule has 0 bridgehead atoms. The smallest absolute Gasteiger partial charge is 0.0889 e. The maximum atomic E-state index is 5.85. The molecule has 0 saturated heterocycles. The van der Waals surface area contributed by atoms with Crippen LogP contribution in [0.1, 0.15) is 0 Å². The normalized spacial score (nSPS) is 10.6. The average Bonchev–Trinajstić information content (AvgIpc) is 2.07. The van der Waals surface area contributed by atoms with E-state index in [1.807, 2.05) is 30.3 Å². The van der Waals surface area contributed by atoms with Crippen molar-refractivity contribution in [2.24, 2.45) is 0 Å². The first-order chi connectivity index (χ1) is 6.18. The summed E-state index contributed by atoms with van der Waals surface area (Å²) in [5.74, 6) is 0. The number of benzene rings is 2. The Labute approximate surface area is 95.0 Å². The van der Waals surface area contributed by atoms with Crippen molar-refractivity contribution in [3.8, 4) is 0 Å². The lowest BCUT2D eigenvalue weighted by Gasteiger charge is -2.04. The standard InChI is InChI=1S/C10H5BBr2/c11-9-3-1-2-7-8(9)4-6(12)5-10(7)13/h1-5H. The molecule has 0 saturated carbocycles. The van der Waals surface area contributed by atoms with Crippen LogP contribution in [0.4, 0.5) is 0 Å². The second kappa shape index (κ2) is 3.47. The summed E-state index contributed by atoms with van der Waals surface area (Å²) in [5, 5.41) is 2.21. The van der Waals surface area contributed by atoms with Crippen LogP contribution in [0.15, 0.2) is 39.3 Å². The van der Waals surface area contributed by atoms with Crippen LogP contribution in [-0.2, 0) is 0 Å². The Morgan fingerprint density at radius 1 is 1.00 bits per heavy atom. The SMILES string of the molecule is [B]c1cccc2c(Br)cc(Br)cc12. The topological polar surface area (TPSA) is 0 Å². The lowest BCUT2D eigenvalue weighted by molar-refractivity contribution is 1.68. The minimum atomic E-state index is 0.805. The van der Waals surface area contributed by atoms with Crippen LogP contribution in [-0.4, -0.2) is 7.85 Å². The van der Waals surface area contributed by atoms with Gasteiger partial charge in [0.25, 0.3) is 0 Å². The third-order valence-electron chi connectivity index (χ3n) is 1.94. The van der Waals surface area contributed by atoms with Gasteiger partial charge in [-0.25, -0.2) is 0 Å². The zero-order valence-corrected chi connectivity index (χ0v) is 9.89. The highest BCUT2D eigenvalue weighted by molar-refractivity contribution is 9.11. The van der Waals surface area contributed by atoms with Gasteiger partial charge in [0.1, 0.15) is 7.85 Å². The van der Waals surface area contributed by atoms with Gasteiger partial charge in [-0.2, -0.15) is 0 Å². The molecule has 0 aliphatic carbocycles. The minimum Gasteiger partial charge on any atom is -0.0889 e. The van der Waals surface area contributed by atoms with Crippen molar-refractivity contribution in [2.75, 3.05) is 0 Å². The Morgan fingerprint density at radius 2 is 1.77 bits per heavy atom. The number of hydrogen-bond donors (Lipinski definition) is 0. The Hall–Kier alpha value is -0.275. The number of halogens is 2. The summed E-state index contributed by atoms with van der Waals surface area (Å²) < 4.78 is 2.09. The number of rotatable bonds is 0. The number of fused-ring (bicyclic) bond motifs is 1. The van der Waals surface area contributed by atoms with Crippen molar-refractivity contribution < 1.29 is 0 Å². The van der Waals surface area contributed by atoms with E-state index >= 15 is 0 Å². The summed E-state index contributed by atoms with van der Waals surface area (Å²) >= 11 is 6.93. The van der Waals surface area contributed by atoms with Crippen molar-refractivity contribution in [2.45, 2.75) is 0 Å². The molecular weight excluding hydrogens is 291 g/mol. The second-order valence-electron chi connectivity index (χ2n) is 2.83. The summed E-state index contributed by atoms with van der Waals surface area (Å²) in [6, 6.07) is 9.94. The molecule has 2 rings (SSSR count). The molecule has 0 nitrogen and oxygen atoms in total. The van der Waals surface area contributed by atoms with Crippen LogP contribution < -0.4 is 5.46 Å². The summed E-state index contributed by atoms with van der Waals surface area (Å²) in [4.78, 5) is 0. The van der Waals surface area contributed by atoms with E-state index in [4.69, 9.17) is 7.85 Å². The van der Waals surface area contributed by atoms with Gasteiger partial charge in [0.2, 0.25) is 0 Å². The fourth-order valence-corrected chi connectivity index (χ4v) is 2.69. The van der Waals surface area contributed by atoms with Crippen LogP contribution in [0, 0.1) is 0 Å². The quantitative estimate of drug-likeness (QED) is 0.655. The average molecular weight is 296 g/mol. The van der Waals surface area contributed by atoms with Crippen molar-refractivity contribution >= 4 is 55.9 Å². The van der Waals surface area contributed by atoms with Gasteiger partial charge >= 0.3 is 0 Å². The lowest BCUT2D eigenvalue weighted by atomic mass is 9.90. The van der Waals surface area contributed by atoms with Crippen molar-refractivity contribution in [3.63, 3.8) is 0 Å². The molecule has 2 aromatic rings. The molecule has 0 N–H and O–H groups in total. The molecule has 0 aromatic heterocycles. The van der Waals surface area contributed by atoms with Gasteiger partial charge in [-0.05, 0) is 22.9 Å². The first kappa shape index (κ1) is 9.29. The Balaban J connectivity index is 2.94. The molecule has 0 aliphatic rings. The van der Waals surface area contributed by atoms with E-state index in [2.05, 4.69) is 31.9 Å². The third kappa shape index (κ3) is 1.68. The maximum Gasteiger partial charge on any atom is 0.114 e. The highest BCUT2D eigenvalue weighted by Crippen LogP contribution is 2.26. The third-order valence-corrected chi connectivity index (χ3v) is 3.06. The van der Waals surface area contributed by atoms with Crippen LogP contribution in [0.3, 0.4) is 0 Å². The molecule has 62 valence electrons. The fraction of sp³-hybridized carbons (Fsp3) is 0. The van der Waals surface area contributed by atoms with E-state index in [1.54, 1.807) is 0 Å². The molecule has 13 heavy (non-hydrogen) atoms. The first-order valence-electron chi connectivity index (χ1n) is 3.82. The fourth-order valence-electron chi connectivity index (χ4n) is 1.33. The van der Waals surface area contributed by atoms with E-state index in [9.17, 15) is 0 Å². The van der Waals surface area contributed by atoms with Crippen LogP contribution in [0.5, 0.6) is 0 Å². The largest absolute Gasteiger partial charge is 0.114 e. The Kier molecular flexibility index (Phi) is 2.48. The maximum absolute atomic E-state index is 5.85. The number of hydrogen-bond acceptors (Lipinski definition) is 0. The van der Waals surface area contributed by atoms with E-state index in [-0.39, 0.29) is 0 Å². The van der Waals surface area contributed by atoms with E-state index in [0.717, 1.165) is 25.2 Å². The van der Waals surface area contributed by atoms with E-state index < -0.39 is 0 Å². The zero-order chi connectivity index (χ0) is 9.42. The molecule has 0 fully saturated rings. The first-order valence-corrected chi connectivity index (χ1v) is 5.40. The zero-order valence-electron chi connectivity index (χ0n) is 6.72. The minimum absolute atomic E-state index is 0.805.